The Hall–Kier alpha value is -2.73. The Balaban J connectivity index is 0.00000182. The number of ether oxygens (including phenoxy) is 2. The van der Waals surface area contributed by atoms with Crippen molar-refractivity contribution in [3.63, 3.8) is 0 Å². The van der Waals surface area contributed by atoms with E-state index in [4.69, 9.17) is 9.47 Å². The van der Waals surface area contributed by atoms with Gasteiger partial charge in [-0.05, 0) is 36.2 Å². The summed E-state index contributed by atoms with van der Waals surface area (Å²) in [6.45, 7) is 0.992. The van der Waals surface area contributed by atoms with Gasteiger partial charge in [0.15, 0.2) is 11.5 Å². The highest BCUT2D eigenvalue weighted by Crippen LogP contribution is 2.35. The third-order valence-electron chi connectivity index (χ3n) is 4.22. The molecule has 0 amide bonds. The summed E-state index contributed by atoms with van der Waals surface area (Å²) >= 11 is 0. The summed E-state index contributed by atoms with van der Waals surface area (Å²) in [7, 11) is 3.23. The lowest BCUT2D eigenvalue weighted by molar-refractivity contribution is 0.356. The molecule has 0 spiro atoms. The van der Waals surface area contributed by atoms with E-state index in [1.165, 1.54) is 11.3 Å². The van der Waals surface area contributed by atoms with Crippen LogP contribution in [-0.4, -0.2) is 30.7 Å². The molecule has 6 nitrogen and oxygen atoms in total. The first kappa shape index (κ1) is 17.1. The van der Waals surface area contributed by atoms with E-state index in [2.05, 4.69) is 32.7 Å². The number of nitrogens with one attached hydrogen (secondary N) is 2. The number of aromatic nitrogens is 2. The highest BCUT2D eigenvalue weighted by Gasteiger charge is 2.13. The summed E-state index contributed by atoms with van der Waals surface area (Å²) < 4.78 is 10.7. The van der Waals surface area contributed by atoms with Crippen molar-refractivity contribution in [1.82, 2.24) is 9.97 Å². The van der Waals surface area contributed by atoms with Gasteiger partial charge in [-0.3, -0.25) is 0 Å². The largest absolute Gasteiger partial charge is 0.493 e. The van der Waals surface area contributed by atoms with Crippen LogP contribution in [0.3, 0.4) is 0 Å². The van der Waals surface area contributed by atoms with E-state index in [9.17, 15) is 0 Å². The summed E-state index contributed by atoms with van der Waals surface area (Å²) in [5.74, 6) is 2.05. The van der Waals surface area contributed by atoms with E-state index >= 15 is 0 Å². The minimum Gasteiger partial charge on any atom is -0.493 e. The Morgan fingerprint density at radius 3 is 2.64 bits per heavy atom. The van der Waals surface area contributed by atoms with Gasteiger partial charge >= 0.3 is 0 Å². The monoisotopic (exact) mass is 358 g/mol. The summed E-state index contributed by atoms with van der Waals surface area (Å²) in [5.41, 5.74) is 4.33. The summed E-state index contributed by atoms with van der Waals surface area (Å²) in [5, 5.41) is 7.64. The molecule has 3 aromatic rings. The zero-order chi connectivity index (χ0) is 16.5. The molecule has 2 heterocycles. The van der Waals surface area contributed by atoms with Crippen LogP contribution in [0.15, 0.2) is 36.7 Å². The Morgan fingerprint density at radius 1 is 1.04 bits per heavy atom. The van der Waals surface area contributed by atoms with Crippen molar-refractivity contribution in [3.8, 4) is 11.5 Å². The zero-order valence-electron chi connectivity index (χ0n) is 14.0. The van der Waals surface area contributed by atoms with Gasteiger partial charge < -0.3 is 20.1 Å². The quantitative estimate of drug-likeness (QED) is 0.739. The van der Waals surface area contributed by atoms with Gasteiger partial charge in [-0.25, -0.2) is 9.97 Å². The summed E-state index contributed by atoms with van der Waals surface area (Å²) in [4.78, 5) is 8.72. The predicted molar refractivity (Wildman–Crippen MR) is 102 cm³/mol. The van der Waals surface area contributed by atoms with E-state index in [0.29, 0.717) is 11.5 Å². The highest BCUT2D eigenvalue weighted by molar-refractivity contribution is 5.93. The average Bonchev–Trinajstić information content (AvgIpc) is 3.08. The first-order chi connectivity index (χ1) is 11.8. The van der Waals surface area contributed by atoms with Crippen LogP contribution >= 0.6 is 12.4 Å². The van der Waals surface area contributed by atoms with Crippen molar-refractivity contribution in [3.05, 3.63) is 42.2 Å². The number of rotatable bonds is 4. The van der Waals surface area contributed by atoms with E-state index in [-0.39, 0.29) is 12.4 Å². The molecule has 2 aromatic carbocycles. The first-order valence-corrected chi connectivity index (χ1v) is 7.79. The molecular formula is C18H19ClN4O2. The highest BCUT2D eigenvalue weighted by atomic mass is 35.5. The minimum absolute atomic E-state index is 0. The topological polar surface area (TPSA) is 68.3 Å². The van der Waals surface area contributed by atoms with Crippen LogP contribution < -0.4 is 20.1 Å². The van der Waals surface area contributed by atoms with Crippen LogP contribution in [-0.2, 0) is 6.42 Å². The van der Waals surface area contributed by atoms with E-state index < -0.39 is 0 Å². The molecular weight excluding hydrogens is 340 g/mol. The van der Waals surface area contributed by atoms with Gasteiger partial charge in [-0.2, -0.15) is 0 Å². The molecule has 0 radical (unpaired) electrons. The zero-order valence-corrected chi connectivity index (χ0v) is 14.8. The summed E-state index contributed by atoms with van der Waals surface area (Å²) in [6.07, 6.45) is 2.59. The molecule has 130 valence electrons. The van der Waals surface area contributed by atoms with Crippen molar-refractivity contribution in [2.24, 2.45) is 0 Å². The van der Waals surface area contributed by atoms with Crippen molar-refractivity contribution < 1.29 is 9.47 Å². The lowest BCUT2D eigenvalue weighted by atomic mass is 10.1. The Morgan fingerprint density at radius 2 is 1.84 bits per heavy atom. The molecule has 1 aromatic heterocycles. The molecule has 0 atom stereocenters. The van der Waals surface area contributed by atoms with Crippen molar-refractivity contribution in [2.45, 2.75) is 6.42 Å². The normalized spacial score (nSPS) is 12.1. The lowest BCUT2D eigenvalue weighted by Gasteiger charge is -2.12. The van der Waals surface area contributed by atoms with Gasteiger partial charge in [-0.1, -0.05) is 0 Å². The van der Waals surface area contributed by atoms with Gasteiger partial charge in [-0.15, -0.1) is 12.4 Å². The van der Waals surface area contributed by atoms with E-state index in [1.54, 1.807) is 20.5 Å². The van der Waals surface area contributed by atoms with Gasteiger partial charge in [0.2, 0.25) is 0 Å². The predicted octanol–water partition coefficient (Wildman–Crippen LogP) is 3.78. The van der Waals surface area contributed by atoms with Gasteiger partial charge in [0.1, 0.15) is 12.1 Å². The Kier molecular flexibility index (Phi) is 4.81. The Bertz CT molecular complexity index is 917. The SMILES string of the molecule is COc1cc2ncnc(Nc3ccc4c(c3)CCN4)c2cc1OC.Cl. The number of nitrogens with zero attached hydrogens (tertiary/aromatic N) is 2. The number of fused-ring (bicyclic) bond motifs is 2. The number of benzene rings is 2. The molecule has 0 saturated carbocycles. The second kappa shape index (κ2) is 7.03. The molecule has 25 heavy (non-hydrogen) atoms. The second-order valence-electron chi connectivity index (χ2n) is 5.62. The molecule has 2 N–H and O–H groups in total. The van der Waals surface area contributed by atoms with Crippen molar-refractivity contribution in [1.29, 1.82) is 0 Å². The molecule has 0 saturated heterocycles. The maximum Gasteiger partial charge on any atom is 0.162 e. The molecule has 1 aliphatic rings. The van der Waals surface area contributed by atoms with Crippen LogP contribution in [0.25, 0.3) is 10.9 Å². The van der Waals surface area contributed by atoms with Gasteiger partial charge in [0.25, 0.3) is 0 Å². The minimum atomic E-state index is 0. The first-order valence-electron chi connectivity index (χ1n) is 7.79. The molecule has 7 heteroatoms. The number of methoxy groups -OCH3 is 2. The van der Waals surface area contributed by atoms with Crippen molar-refractivity contribution >= 4 is 40.5 Å². The number of anilines is 3. The Labute approximate surface area is 152 Å². The van der Waals surface area contributed by atoms with E-state index in [0.717, 1.165) is 35.4 Å². The second-order valence-corrected chi connectivity index (χ2v) is 5.62. The van der Waals surface area contributed by atoms with Crippen LogP contribution in [0, 0.1) is 0 Å². The lowest BCUT2D eigenvalue weighted by Crippen LogP contribution is -1.98. The molecule has 0 fully saturated rings. The molecule has 1 aliphatic heterocycles. The fraction of sp³-hybridized carbons (Fsp3) is 0.222. The molecule has 0 bridgehead atoms. The molecule has 0 aliphatic carbocycles. The maximum atomic E-state index is 5.39. The standard InChI is InChI=1S/C18H18N4O2.ClH/c1-23-16-8-13-15(9-17(16)24-2)20-10-21-18(13)22-12-3-4-14-11(7-12)5-6-19-14;/h3-4,7-10,19H,5-6H2,1-2H3,(H,20,21,22);1H. The number of hydrogen-bond acceptors (Lipinski definition) is 6. The number of hydrogen-bond donors (Lipinski definition) is 2. The van der Waals surface area contributed by atoms with Crippen LogP contribution in [0.2, 0.25) is 0 Å². The number of halogens is 1. The van der Waals surface area contributed by atoms with Crippen molar-refractivity contribution in [2.75, 3.05) is 31.4 Å². The van der Waals surface area contributed by atoms with Gasteiger partial charge in [0.05, 0.1) is 19.7 Å². The molecule has 0 unspecified atom stereocenters. The average molecular weight is 359 g/mol. The van der Waals surface area contributed by atoms with Crippen LogP contribution in [0.5, 0.6) is 11.5 Å². The third kappa shape index (κ3) is 3.13. The summed E-state index contributed by atoms with van der Waals surface area (Å²) in [6, 6.07) is 10.0. The maximum absolute atomic E-state index is 5.39. The van der Waals surface area contributed by atoms with E-state index in [1.807, 2.05) is 18.2 Å². The van der Waals surface area contributed by atoms with Gasteiger partial charge in [0, 0.05) is 29.4 Å². The van der Waals surface area contributed by atoms with Crippen LogP contribution in [0.1, 0.15) is 5.56 Å². The third-order valence-corrected chi connectivity index (χ3v) is 4.22. The molecule has 4 rings (SSSR count). The fourth-order valence-corrected chi connectivity index (χ4v) is 3.00. The smallest absolute Gasteiger partial charge is 0.162 e. The fourth-order valence-electron chi connectivity index (χ4n) is 3.00. The van der Waals surface area contributed by atoms with Crippen LogP contribution in [0.4, 0.5) is 17.2 Å².